The van der Waals surface area contributed by atoms with Gasteiger partial charge >= 0.3 is 12.1 Å². The molecule has 49 heavy (non-hydrogen) atoms. The summed E-state index contributed by atoms with van der Waals surface area (Å²) < 4.78 is 27.1. The Balaban J connectivity index is 1.27. The number of hydrogen-bond acceptors (Lipinski definition) is 15. The number of nitrogens with zero attached hydrogens (tertiary/aromatic N) is 2. The molecular formula is C30H40FN3O15. The Bertz CT molecular complexity index is 1420. The molecule has 1 amide bonds. The summed E-state index contributed by atoms with van der Waals surface area (Å²) >= 11 is 0. The van der Waals surface area contributed by atoms with Crippen molar-refractivity contribution in [2.75, 3.05) is 26.4 Å². The van der Waals surface area contributed by atoms with E-state index < -0.39 is 106 Å². The van der Waals surface area contributed by atoms with Gasteiger partial charge in [-0.3, -0.25) is 14.4 Å². The molecule has 0 aromatic heterocycles. The topological polar surface area (TPSA) is 264 Å². The molecule has 4 aliphatic rings. The van der Waals surface area contributed by atoms with Gasteiger partial charge in [0.15, 0.2) is 23.7 Å². The third kappa shape index (κ3) is 6.96. The van der Waals surface area contributed by atoms with Crippen LogP contribution in [0.4, 0.5) is 9.18 Å². The van der Waals surface area contributed by atoms with Crippen molar-refractivity contribution in [2.24, 2.45) is 22.7 Å². The lowest BCUT2D eigenvalue weighted by atomic mass is 9.45. The van der Waals surface area contributed by atoms with Crippen molar-refractivity contribution >= 4 is 23.6 Å². The molecule has 4 rings (SSSR count). The highest BCUT2D eigenvalue weighted by Crippen LogP contribution is 2.69. The number of ketones is 2. The number of Topliss-reactive ketones (excluding diaryl/α,β-unsaturated/α-hetero) is 1. The number of ether oxygens (including phenoxy) is 2. The van der Waals surface area contributed by atoms with Gasteiger partial charge in [0.2, 0.25) is 5.78 Å². The quantitative estimate of drug-likeness (QED) is 0.0606. The molecule has 0 aliphatic heterocycles. The fourth-order valence-electron chi connectivity index (χ4n) is 8.21. The highest BCUT2D eigenvalue weighted by molar-refractivity contribution is 5.94. The first-order valence-electron chi connectivity index (χ1n) is 15.8. The predicted molar refractivity (Wildman–Crippen MR) is 159 cm³/mol. The number of esters is 1. The number of halogens is 1. The zero-order valence-electron chi connectivity index (χ0n) is 26.9. The number of carbonyl (C=O) groups is 4. The number of rotatable bonds is 15. The van der Waals surface area contributed by atoms with Gasteiger partial charge in [-0.1, -0.05) is 24.6 Å². The first-order valence-corrected chi connectivity index (χ1v) is 15.8. The van der Waals surface area contributed by atoms with E-state index in [0.717, 1.165) is 0 Å². The minimum atomic E-state index is -2.50. The van der Waals surface area contributed by atoms with Gasteiger partial charge in [-0.05, 0) is 57.4 Å². The maximum absolute atomic E-state index is 17.2. The number of nitrogens with one attached hydrogen (secondary N) is 1. The molecule has 0 aromatic carbocycles. The van der Waals surface area contributed by atoms with Crippen molar-refractivity contribution in [2.45, 2.75) is 88.4 Å². The summed E-state index contributed by atoms with van der Waals surface area (Å²) in [6, 6.07) is 0. The maximum Gasteiger partial charge on any atom is 0.407 e. The van der Waals surface area contributed by atoms with E-state index in [1.54, 1.807) is 13.0 Å². The number of amides is 1. The summed E-state index contributed by atoms with van der Waals surface area (Å²) in [6.07, 6.45) is -1.17. The first kappa shape index (κ1) is 37.6. The molecule has 19 heteroatoms. The van der Waals surface area contributed by atoms with Crippen LogP contribution in [0.3, 0.4) is 0 Å². The molecule has 18 nitrogen and oxygen atoms in total. The average molecular weight is 702 g/mol. The zero-order chi connectivity index (χ0) is 36.4. The molecule has 0 bridgehead atoms. The standard InChI is InChI=1S/C30H40FN3O15/c1-27-9-8-18(35)11-17(27)6-7-20-21-12-22(36)30(41,28(21,2)13-23(37)29(20,27)31)24(38)16-47-25(39)14-32-26(40)46-10-4-3-5-19(49-34(44)45)15-48-33(42)43/h6,8-9,19-23,36-37,41H,3-5,7,10-16H2,1-2H3,(H,32,40)/t19?,20-,21-,22+,23-,27-,28-,29-,30-/m0/s1. The molecular weight excluding hydrogens is 661 g/mol. The number of alkyl halides is 1. The van der Waals surface area contributed by atoms with Gasteiger partial charge in [-0.2, -0.15) is 0 Å². The highest BCUT2D eigenvalue weighted by atomic mass is 19.1. The van der Waals surface area contributed by atoms with Crippen LogP contribution < -0.4 is 5.32 Å². The van der Waals surface area contributed by atoms with Gasteiger partial charge < -0.3 is 39.8 Å². The molecule has 4 N–H and O–H groups in total. The normalized spacial score (nSPS) is 35.1. The van der Waals surface area contributed by atoms with E-state index in [2.05, 4.69) is 15.0 Å². The van der Waals surface area contributed by atoms with Crippen molar-refractivity contribution in [3.8, 4) is 0 Å². The van der Waals surface area contributed by atoms with Crippen molar-refractivity contribution in [3.05, 3.63) is 44.0 Å². The molecule has 0 spiro atoms. The molecule has 2 saturated carbocycles. The van der Waals surface area contributed by atoms with Crippen LogP contribution in [0.2, 0.25) is 0 Å². The summed E-state index contributed by atoms with van der Waals surface area (Å²) in [5.41, 5.74) is -7.03. The number of allylic oxidation sites excluding steroid dienone is 4. The number of hydrogen-bond donors (Lipinski definition) is 4. The van der Waals surface area contributed by atoms with Crippen LogP contribution in [0.15, 0.2) is 23.8 Å². The second kappa shape index (κ2) is 14.3. The van der Waals surface area contributed by atoms with Crippen LogP contribution in [0.25, 0.3) is 0 Å². The zero-order valence-corrected chi connectivity index (χ0v) is 26.9. The van der Waals surface area contributed by atoms with E-state index in [9.17, 15) is 54.7 Å². The van der Waals surface area contributed by atoms with Gasteiger partial charge in [0.25, 0.3) is 10.2 Å². The Morgan fingerprint density at radius 1 is 1.10 bits per heavy atom. The number of aliphatic hydroxyl groups excluding tert-OH is 2. The Hall–Kier alpha value is -4.23. The SMILES string of the molecule is C[C@]12C=CC(=O)CC1=CC[C@H]1[C@@H]3C[C@@H](O)[C@](O)(C(=O)COC(=O)CNC(=O)OCCCCC(CO[N+](=O)[O-])O[N+](=O)[O-])[C@@]3(C)C[C@H](O)[C@@]12F. The van der Waals surface area contributed by atoms with Crippen LogP contribution in [0.1, 0.15) is 58.8 Å². The van der Waals surface area contributed by atoms with E-state index in [1.807, 2.05) is 0 Å². The lowest BCUT2D eigenvalue weighted by Gasteiger charge is -2.61. The van der Waals surface area contributed by atoms with E-state index in [4.69, 9.17) is 9.47 Å². The van der Waals surface area contributed by atoms with Gasteiger partial charge in [-0.25, -0.2) is 9.18 Å². The lowest BCUT2D eigenvalue weighted by molar-refractivity contribution is -0.790. The molecule has 2 fully saturated rings. The Labute approximate surface area is 278 Å². The van der Waals surface area contributed by atoms with E-state index >= 15 is 4.39 Å². The summed E-state index contributed by atoms with van der Waals surface area (Å²) in [5.74, 6) is -4.02. The largest absolute Gasteiger partial charge is 0.456 e. The van der Waals surface area contributed by atoms with Crippen LogP contribution in [0, 0.1) is 42.9 Å². The molecule has 0 aromatic rings. The number of aliphatic hydroxyl groups is 3. The first-order chi connectivity index (χ1) is 22.9. The molecule has 0 radical (unpaired) electrons. The van der Waals surface area contributed by atoms with Crippen LogP contribution in [-0.2, 0) is 33.5 Å². The maximum atomic E-state index is 17.2. The highest BCUT2D eigenvalue weighted by Gasteiger charge is 2.76. The minimum Gasteiger partial charge on any atom is -0.456 e. The van der Waals surface area contributed by atoms with Gasteiger partial charge in [0.05, 0.1) is 18.8 Å². The molecule has 9 atom stereocenters. The minimum absolute atomic E-state index is 0.0125. The lowest BCUT2D eigenvalue weighted by Crippen LogP contribution is -2.69. The number of unbranched alkanes of at least 4 members (excludes halogenated alkanes) is 1. The second-order valence-corrected chi connectivity index (χ2v) is 13.3. The molecule has 0 saturated heterocycles. The van der Waals surface area contributed by atoms with Crippen molar-refractivity contribution in [1.82, 2.24) is 5.32 Å². The Morgan fingerprint density at radius 3 is 2.49 bits per heavy atom. The van der Waals surface area contributed by atoms with Crippen LogP contribution in [-0.4, -0.2) is 105 Å². The van der Waals surface area contributed by atoms with E-state index in [1.165, 1.54) is 19.1 Å². The third-order valence-corrected chi connectivity index (χ3v) is 10.7. The Kier molecular flexibility index (Phi) is 11.0. The predicted octanol–water partition coefficient (Wildman–Crippen LogP) is 0.853. The van der Waals surface area contributed by atoms with Crippen LogP contribution in [0.5, 0.6) is 0 Å². The molecule has 272 valence electrons. The fourth-order valence-corrected chi connectivity index (χ4v) is 8.21. The number of fused-ring (bicyclic) bond motifs is 5. The van der Waals surface area contributed by atoms with Gasteiger partial charge in [0.1, 0.15) is 19.3 Å². The van der Waals surface area contributed by atoms with Crippen molar-refractivity contribution < 1.29 is 68.2 Å². The monoisotopic (exact) mass is 701 g/mol. The van der Waals surface area contributed by atoms with E-state index in [0.29, 0.717) is 5.57 Å². The van der Waals surface area contributed by atoms with Gasteiger partial charge in [0, 0.05) is 23.2 Å². The second-order valence-electron chi connectivity index (χ2n) is 13.3. The summed E-state index contributed by atoms with van der Waals surface area (Å²) in [6.45, 7) is 0.509. The average Bonchev–Trinajstić information content (AvgIpc) is 3.23. The van der Waals surface area contributed by atoms with E-state index in [-0.39, 0.29) is 50.9 Å². The molecule has 0 heterocycles. The summed E-state index contributed by atoms with van der Waals surface area (Å²) in [7, 11) is 0. The number of alkyl carbamates (subject to hydrolysis) is 1. The summed E-state index contributed by atoms with van der Waals surface area (Å²) in [4.78, 5) is 78.8. The summed E-state index contributed by atoms with van der Waals surface area (Å²) in [5, 5.41) is 54.8. The third-order valence-electron chi connectivity index (χ3n) is 10.7. The van der Waals surface area contributed by atoms with Gasteiger partial charge in [-0.15, -0.1) is 20.2 Å². The fraction of sp³-hybridized carbons (Fsp3) is 0.733. The van der Waals surface area contributed by atoms with Crippen molar-refractivity contribution in [3.63, 3.8) is 0 Å². The number of carbonyl (C=O) groups excluding carboxylic acids is 4. The molecule has 4 aliphatic carbocycles. The van der Waals surface area contributed by atoms with Crippen LogP contribution >= 0.6 is 0 Å². The Morgan fingerprint density at radius 2 is 1.82 bits per heavy atom. The van der Waals surface area contributed by atoms with Crippen molar-refractivity contribution in [1.29, 1.82) is 0 Å². The molecule has 1 unspecified atom stereocenters. The smallest absolute Gasteiger partial charge is 0.407 e.